The van der Waals surface area contributed by atoms with Crippen LogP contribution in [0.3, 0.4) is 0 Å². The second kappa shape index (κ2) is 4.14. The Morgan fingerprint density at radius 2 is 2.29 bits per heavy atom. The lowest BCUT2D eigenvalue weighted by atomic mass is 10.1. The zero-order valence-corrected chi connectivity index (χ0v) is 9.12. The Balaban J connectivity index is 2.45. The summed E-state index contributed by atoms with van der Waals surface area (Å²) in [5.74, 6) is 0. The van der Waals surface area contributed by atoms with Crippen LogP contribution in [0.15, 0.2) is 0 Å². The van der Waals surface area contributed by atoms with Crippen LogP contribution >= 0.6 is 0 Å². The zero-order chi connectivity index (χ0) is 10.8. The van der Waals surface area contributed by atoms with E-state index in [-0.39, 0.29) is 6.09 Å². The Hall–Kier alpha value is -0.810. The number of cyclic esters (lactones) is 1. The third-order valence-corrected chi connectivity index (χ3v) is 2.37. The number of ether oxygens (including phenoxy) is 1. The monoisotopic (exact) mass is 201 g/mol. The number of hydrogen-bond acceptors (Lipinski definition) is 4. The first kappa shape index (κ1) is 11.3. The van der Waals surface area contributed by atoms with Crippen molar-refractivity contribution < 1.29 is 9.53 Å². The maximum absolute atomic E-state index is 11.4. The Bertz CT molecular complexity index is 220. The van der Waals surface area contributed by atoms with Crippen LogP contribution in [0.4, 0.5) is 4.79 Å². The Kier molecular flexibility index (Phi) is 3.34. The van der Waals surface area contributed by atoms with Gasteiger partial charge in [-0.2, -0.15) is 0 Å². The average Bonchev–Trinajstić information content (AvgIpc) is 2.39. The molecule has 5 heteroatoms. The van der Waals surface area contributed by atoms with Gasteiger partial charge in [-0.05, 0) is 21.0 Å². The molecule has 82 valence electrons. The van der Waals surface area contributed by atoms with Crippen LogP contribution in [-0.4, -0.2) is 61.8 Å². The van der Waals surface area contributed by atoms with Gasteiger partial charge in [0.1, 0.15) is 5.60 Å². The lowest BCUT2D eigenvalue weighted by molar-refractivity contribution is 0.0781. The fraction of sp³-hybridized carbons (Fsp3) is 0.889. The standard InChI is InChI=1S/C9H19N3O2/c1-9(6-10)7-12(8(13)14-9)5-4-11(2)3/h4-7,10H2,1-3H3. The van der Waals surface area contributed by atoms with Crippen molar-refractivity contribution in [3.8, 4) is 0 Å². The molecule has 1 rings (SSSR count). The van der Waals surface area contributed by atoms with Gasteiger partial charge < -0.3 is 20.3 Å². The molecule has 0 bridgehead atoms. The minimum Gasteiger partial charge on any atom is -0.440 e. The highest BCUT2D eigenvalue weighted by Crippen LogP contribution is 2.20. The summed E-state index contributed by atoms with van der Waals surface area (Å²) in [4.78, 5) is 15.1. The zero-order valence-electron chi connectivity index (χ0n) is 9.12. The molecule has 0 aliphatic carbocycles. The van der Waals surface area contributed by atoms with Crippen molar-refractivity contribution in [1.82, 2.24) is 9.80 Å². The Morgan fingerprint density at radius 1 is 1.64 bits per heavy atom. The van der Waals surface area contributed by atoms with Crippen molar-refractivity contribution in [2.24, 2.45) is 5.73 Å². The first-order valence-corrected chi connectivity index (χ1v) is 4.79. The highest BCUT2D eigenvalue weighted by Gasteiger charge is 2.39. The van der Waals surface area contributed by atoms with Crippen molar-refractivity contribution in [2.45, 2.75) is 12.5 Å². The fourth-order valence-corrected chi connectivity index (χ4v) is 1.37. The summed E-state index contributed by atoms with van der Waals surface area (Å²) in [6.07, 6.45) is -0.250. The van der Waals surface area contributed by atoms with E-state index in [4.69, 9.17) is 10.5 Å². The molecule has 1 heterocycles. The van der Waals surface area contributed by atoms with E-state index in [2.05, 4.69) is 0 Å². The van der Waals surface area contributed by atoms with E-state index in [0.29, 0.717) is 19.6 Å². The maximum Gasteiger partial charge on any atom is 0.410 e. The van der Waals surface area contributed by atoms with Gasteiger partial charge in [-0.3, -0.25) is 0 Å². The molecule has 0 aromatic rings. The quantitative estimate of drug-likeness (QED) is 0.679. The van der Waals surface area contributed by atoms with Crippen molar-refractivity contribution in [2.75, 3.05) is 40.3 Å². The van der Waals surface area contributed by atoms with E-state index in [1.807, 2.05) is 25.9 Å². The second-order valence-electron chi connectivity index (χ2n) is 4.25. The summed E-state index contributed by atoms with van der Waals surface area (Å²) >= 11 is 0. The summed E-state index contributed by atoms with van der Waals surface area (Å²) in [7, 11) is 3.95. The van der Waals surface area contributed by atoms with Gasteiger partial charge in [-0.15, -0.1) is 0 Å². The molecular formula is C9H19N3O2. The first-order chi connectivity index (χ1) is 6.47. The molecule has 0 aromatic carbocycles. The number of nitrogens with two attached hydrogens (primary N) is 1. The van der Waals surface area contributed by atoms with E-state index >= 15 is 0 Å². The van der Waals surface area contributed by atoms with Gasteiger partial charge in [-0.1, -0.05) is 0 Å². The first-order valence-electron chi connectivity index (χ1n) is 4.79. The molecule has 1 fully saturated rings. The van der Waals surface area contributed by atoms with E-state index in [1.54, 1.807) is 4.90 Å². The van der Waals surface area contributed by atoms with Gasteiger partial charge in [-0.25, -0.2) is 4.79 Å². The van der Waals surface area contributed by atoms with E-state index in [1.165, 1.54) is 0 Å². The van der Waals surface area contributed by atoms with Gasteiger partial charge in [0.05, 0.1) is 6.54 Å². The molecule has 1 atom stereocenters. The predicted molar refractivity (Wildman–Crippen MR) is 54.1 cm³/mol. The number of rotatable bonds is 4. The lowest BCUT2D eigenvalue weighted by Gasteiger charge is -2.19. The Morgan fingerprint density at radius 3 is 2.71 bits per heavy atom. The molecule has 1 unspecified atom stereocenters. The average molecular weight is 201 g/mol. The third-order valence-electron chi connectivity index (χ3n) is 2.37. The summed E-state index contributed by atoms with van der Waals surface area (Å²) in [6.45, 7) is 4.37. The molecule has 0 radical (unpaired) electrons. The van der Waals surface area contributed by atoms with Crippen LogP contribution in [0.5, 0.6) is 0 Å². The van der Waals surface area contributed by atoms with Crippen LogP contribution in [0.1, 0.15) is 6.92 Å². The number of likely N-dealkylation sites (N-methyl/N-ethyl adjacent to an activating group) is 1. The molecule has 0 aromatic heterocycles. The molecule has 1 amide bonds. The lowest BCUT2D eigenvalue weighted by Crippen LogP contribution is -2.40. The molecule has 0 saturated carbocycles. The largest absolute Gasteiger partial charge is 0.440 e. The van der Waals surface area contributed by atoms with Crippen molar-refractivity contribution in [3.63, 3.8) is 0 Å². The predicted octanol–water partition coefficient (Wildman–Crippen LogP) is -0.282. The highest BCUT2D eigenvalue weighted by molar-refractivity contribution is 5.70. The number of hydrogen-bond donors (Lipinski definition) is 1. The van der Waals surface area contributed by atoms with Crippen LogP contribution in [0.2, 0.25) is 0 Å². The molecular weight excluding hydrogens is 182 g/mol. The summed E-state index contributed by atoms with van der Waals surface area (Å²) < 4.78 is 5.19. The summed E-state index contributed by atoms with van der Waals surface area (Å²) in [5.41, 5.74) is 5.04. The minimum absolute atomic E-state index is 0.250. The fourth-order valence-electron chi connectivity index (χ4n) is 1.37. The third kappa shape index (κ3) is 2.59. The summed E-state index contributed by atoms with van der Waals surface area (Å²) in [5, 5.41) is 0. The maximum atomic E-state index is 11.4. The van der Waals surface area contributed by atoms with Gasteiger partial charge >= 0.3 is 6.09 Å². The van der Waals surface area contributed by atoms with Crippen molar-refractivity contribution in [1.29, 1.82) is 0 Å². The number of carbonyl (C=O) groups excluding carboxylic acids is 1. The Labute approximate surface area is 84.8 Å². The smallest absolute Gasteiger partial charge is 0.410 e. The minimum atomic E-state index is -0.497. The van der Waals surface area contributed by atoms with Crippen LogP contribution < -0.4 is 5.73 Å². The SMILES string of the molecule is CN(C)CCN1CC(C)(CN)OC1=O. The number of carbonyl (C=O) groups is 1. The van der Waals surface area contributed by atoms with E-state index in [9.17, 15) is 4.79 Å². The number of nitrogens with zero attached hydrogens (tertiary/aromatic N) is 2. The molecule has 14 heavy (non-hydrogen) atoms. The molecule has 5 nitrogen and oxygen atoms in total. The van der Waals surface area contributed by atoms with Crippen molar-refractivity contribution in [3.05, 3.63) is 0 Å². The van der Waals surface area contributed by atoms with Crippen LogP contribution in [-0.2, 0) is 4.74 Å². The van der Waals surface area contributed by atoms with Crippen LogP contribution in [0, 0.1) is 0 Å². The van der Waals surface area contributed by atoms with Gasteiger partial charge in [0, 0.05) is 19.6 Å². The van der Waals surface area contributed by atoms with E-state index in [0.717, 1.165) is 6.54 Å². The molecule has 2 N–H and O–H groups in total. The van der Waals surface area contributed by atoms with E-state index < -0.39 is 5.60 Å². The molecule has 1 saturated heterocycles. The highest BCUT2D eigenvalue weighted by atomic mass is 16.6. The molecule has 0 spiro atoms. The van der Waals surface area contributed by atoms with Gasteiger partial charge in [0.2, 0.25) is 0 Å². The number of amides is 1. The van der Waals surface area contributed by atoms with Gasteiger partial charge in [0.15, 0.2) is 0 Å². The van der Waals surface area contributed by atoms with Crippen LogP contribution in [0.25, 0.3) is 0 Å². The molecule has 1 aliphatic rings. The normalized spacial score (nSPS) is 27.2. The van der Waals surface area contributed by atoms with Crippen molar-refractivity contribution >= 4 is 6.09 Å². The molecule has 1 aliphatic heterocycles. The van der Waals surface area contributed by atoms with Gasteiger partial charge in [0.25, 0.3) is 0 Å². The second-order valence-corrected chi connectivity index (χ2v) is 4.25. The summed E-state index contributed by atoms with van der Waals surface area (Å²) in [6, 6.07) is 0. The topological polar surface area (TPSA) is 58.8 Å².